The summed E-state index contributed by atoms with van der Waals surface area (Å²) in [5.74, 6) is -2.80. The highest BCUT2D eigenvalue weighted by molar-refractivity contribution is 6.30. The Hall–Kier alpha value is -3.40. The van der Waals surface area contributed by atoms with Crippen LogP contribution in [0, 0.1) is 17.6 Å². The van der Waals surface area contributed by atoms with Crippen LogP contribution < -0.4 is 21.7 Å². The molecule has 0 aliphatic rings. The molecule has 4 amide bonds. The molecule has 0 heterocycles. The van der Waals surface area contributed by atoms with Gasteiger partial charge in [-0.1, -0.05) is 69.0 Å². The fourth-order valence-corrected chi connectivity index (χ4v) is 4.48. The monoisotopic (exact) mass is 580 g/mol. The van der Waals surface area contributed by atoms with Gasteiger partial charge in [0.2, 0.25) is 5.91 Å². The maximum absolute atomic E-state index is 14.5. The first-order valence-electron chi connectivity index (χ1n) is 13.4. The summed E-state index contributed by atoms with van der Waals surface area (Å²) in [4.78, 5) is 37.1. The van der Waals surface area contributed by atoms with E-state index in [-0.39, 0.29) is 17.9 Å². The highest BCUT2D eigenvalue weighted by Crippen LogP contribution is 2.28. The van der Waals surface area contributed by atoms with Crippen molar-refractivity contribution in [1.82, 2.24) is 16.0 Å². The zero-order valence-electron chi connectivity index (χ0n) is 23.2. The molecule has 11 heteroatoms. The molecule has 0 aromatic heterocycles. The molecule has 0 saturated heterocycles. The van der Waals surface area contributed by atoms with E-state index < -0.39 is 41.3 Å². The van der Waals surface area contributed by atoms with Gasteiger partial charge >= 0.3 is 12.1 Å². The Bertz CT molecular complexity index is 1150. The molecule has 8 nitrogen and oxygen atoms in total. The Morgan fingerprint density at radius 1 is 0.975 bits per heavy atom. The van der Waals surface area contributed by atoms with Gasteiger partial charge in [-0.25, -0.2) is 18.4 Å². The molecule has 220 valence electrons. The van der Waals surface area contributed by atoms with Crippen molar-refractivity contribution in [2.75, 3.05) is 13.1 Å². The lowest BCUT2D eigenvalue weighted by Gasteiger charge is -2.31. The van der Waals surface area contributed by atoms with Gasteiger partial charge in [0.1, 0.15) is 11.6 Å². The average molecular weight is 581 g/mol. The molecule has 0 fully saturated rings. The number of alkyl carbamates (subject to hydrolysis) is 1. The minimum atomic E-state index is -1.64. The number of rotatable bonds is 15. The van der Waals surface area contributed by atoms with Crippen LogP contribution in [0.15, 0.2) is 42.5 Å². The van der Waals surface area contributed by atoms with E-state index in [2.05, 4.69) is 16.0 Å². The fraction of sp³-hybridized carbons (Fsp3) is 0.483. The maximum atomic E-state index is 14.5. The molecular weight excluding hydrogens is 542 g/mol. The number of amides is 4. The van der Waals surface area contributed by atoms with Crippen LogP contribution in [0.3, 0.4) is 0 Å². The molecular formula is C29H39ClF2N4O4. The molecule has 0 spiro atoms. The normalized spacial score (nSPS) is 13.3. The molecule has 5 N–H and O–H groups in total. The van der Waals surface area contributed by atoms with Crippen LogP contribution in [0.25, 0.3) is 0 Å². The number of hydrogen-bond acceptors (Lipinski definition) is 4. The van der Waals surface area contributed by atoms with Crippen LogP contribution >= 0.6 is 11.6 Å². The Balaban J connectivity index is 2.07. The van der Waals surface area contributed by atoms with E-state index in [0.717, 1.165) is 31.7 Å². The van der Waals surface area contributed by atoms with Gasteiger partial charge in [0.05, 0.1) is 0 Å². The Morgan fingerprint density at radius 2 is 1.60 bits per heavy atom. The molecule has 40 heavy (non-hydrogen) atoms. The number of carbonyl (C=O) groups excluding carboxylic acids is 3. The van der Waals surface area contributed by atoms with Crippen LogP contribution in [-0.2, 0) is 16.0 Å². The molecule has 0 saturated carbocycles. The second-order valence-corrected chi connectivity index (χ2v) is 10.7. The van der Waals surface area contributed by atoms with E-state index in [4.69, 9.17) is 22.1 Å². The summed E-state index contributed by atoms with van der Waals surface area (Å²) in [6.07, 6.45) is 2.26. The van der Waals surface area contributed by atoms with Gasteiger partial charge in [-0.3, -0.25) is 4.79 Å². The predicted octanol–water partition coefficient (Wildman–Crippen LogP) is 5.78. The number of ether oxygens (including phenoxy) is 1. The van der Waals surface area contributed by atoms with Crippen LogP contribution in [0.5, 0.6) is 0 Å². The van der Waals surface area contributed by atoms with Gasteiger partial charge in [0.15, 0.2) is 11.6 Å². The first-order chi connectivity index (χ1) is 18.9. The number of hydrogen-bond donors (Lipinski definition) is 4. The second kappa shape index (κ2) is 16.0. The number of carbonyl (C=O) groups is 3. The summed E-state index contributed by atoms with van der Waals surface area (Å²) in [6.45, 7) is 6.04. The molecule has 2 aromatic carbocycles. The summed E-state index contributed by atoms with van der Waals surface area (Å²) < 4.78 is 34.2. The lowest BCUT2D eigenvalue weighted by atomic mass is 9.91. The first kappa shape index (κ1) is 32.8. The number of nitrogens with two attached hydrogens (primary N) is 1. The van der Waals surface area contributed by atoms with Crippen LogP contribution in [-0.4, -0.2) is 36.7 Å². The highest BCUT2D eigenvalue weighted by atomic mass is 35.5. The van der Waals surface area contributed by atoms with Crippen LogP contribution in [0.4, 0.5) is 18.4 Å². The second-order valence-electron chi connectivity index (χ2n) is 10.3. The number of unbranched alkanes of at least 4 members (excludes halogenated alkanes) is 4. The van der Waals surface area contributed by atoms with E-state index in [9.17, 15) is 23.2 Å². The topological polar surface area (TPSA) is 123 Å². The lowest BCUT2D eigenvalue weighted by Crippen LogP contribution is -2.58. The van der Waals surface area contributed by atoms with Crippen molar-refractivity contribution in [2.45, 2.75) is 70.9 Å². The van der Waals surface area contributed by atoms with Crippen molar-refractivity contribution in [3.63, 3.8) is 0 Å². The van der Waals surface area contributed by atoms with Crippen LogP contribution in [0.2, 0.25) is 5.02 Å². The van der Waals surface area contributed by atoms with Crippen molar-refractivity contribution < 1.29 is 27.9 Å². The molecule has 2 unspecified atom stereocenters. The molecule has 2 atom stereocenters. The number of halogens is 3. The Labute approximate surface area is 239 Å². The number of nitrogens with one attached hydrogen (secondary N) is 3. The standard InChI is InChI=1S/C29H39ClF2N4O4/c1-19(2)25(20-11-9-13-22(30)17-20)40-28(39)36-29(3,18-21-12-10-14-23(31)24(21)32)26(37)34-15-7-5-4-6-8-16-35-27(33)38/h9-14,17,19,25H,4-8,15-16,18H2,1-3H3,(H,34,37)(H,36,39)(H3,33,35,38). The quantitative estimate of drug-likeness (QED) is 0.199. The number of benzene rings is 2. The minimum Gasteiger partial charge on any atom is -0.441 e. The van der Waals surface area contributed by atoms with Gasteiger partial charge in [-0.05, 0) is 55.0 Å². The van der Waals surface area contributed by atoms with Gasteiger partial charge in [-0.2, -0.15) is 0 Å². The van der Waals surface area contributed by atoms with Crippen molar-refractivity contribution >= 4 is 29.6 Å². The zero-order valence-corrected chi connectivity index (χ0v) is 24.0. The largest absolute Gasteiger partial charge is 0.441 e. The smallest absolute Gasteiger partial charge is 0.408 e. The number of urea groups is 1. The van der Waals surface area contributed by atoms with E-state index in [1.54, 1.807) is 24.3 Å². The van der Waals surface area contributed by atoms with Crippen LogP contribution in [0.1, 0.15) is 70.1 Å². The SMILES string of the molecule is CC(C)C(OC(=O)NC(C)(Cc1cccc(F)c1F)C(=O)NCCCCCCCNC(N)=O)c1cccc(Cl)c1. The first-order valence-corrected chi connectivity index (χ1v) is 13.8. The minimum absolute atomic E-state index is 0.0576. The fourth-order valence-electron chi connectivity index (χ4n) is 4.28. The summed E-state index contributed by atoms with van der Waals surface area (Å²) in [7, 11) is 0. The van der Waals surface area contributed by atoms with Crippen molar-refractivity contribution in [3.8, 4) is 0 Å². The van der Waals surface area contributed by atoms with E-state index in [1.807, 2.05) is 13.8 Å². The van der Waals surface area contributed by atoms with Crippen molar-refractivity contribution in [3.05, 3.63) is 70.2 Å². The van der Waals surface area contributed by atoms with Gasteiger partial charge in [0.25, 0.3) is 0 Å². The third-order valence-electron chi connectivity index (χ3n) is 6.41. The van der Waals surface area contributed by atoms with Crippen molar-refractivity contribution in [1.29, 1.82) is 0 Å². The summed E-state index contributed by atoms with van der Waals surface area (Å²) in [5, 5.41) is 8.42. The highest BCUT2D eigenvalue weighted by Gasteiger charge is 2.37. The summed E-state index contributed by atoms with van der Waals surface area (Å²) in [5.41, 5.74) is 4.02. The Kier molecular flexibility index (Phi) is 13.1. The molecule has 0 aliphatic carbocycles. The third-order valence-corrected chi connectivity index (χ3v) is 6.64. The van der Waals surface area contributed by atoms with Gasteiger partial charge in [-0.15, -0.1) is 0 Å². The molecule has 2 rings (SSSR count). The average Bonchev–Trinajstić information content (AvgIpc) is 2.88. The van der Waals surface area contributed by atoms with Crippen molar-refractivity contribution in [2.24, 2.45) is 11.7 Å². The van der Waals surface area contributed by atoms with E-state index >= 15 is 0 Å². The van der Waals surface area contributed by atoms with Gasteiger partial charge in [0, 0.05) is 24.5 Å². The molecule has 0 aliphatic heterocycles. The lowest BCUT2D eigenvalue weighted by molar-refractivity contribution is -0.127. The zero-order chi connectivity index (χ0) is 29.7. The maximum Gasteiger partial charge on any atom is 0.408 e. The molecule has 2 aromatic rings. The summed E-state index contributed by atoms with van der Waals surface area (Å²) in [6, 6.07) is 10.1. The predicted molar refractivity (Wildman–Crippen MR) is 151 cm³/mol. The van der Waals surface area contributed by atoms with E-state index in [0.29, 0.717) is 30.1 Å². The van der Waals surface area contributed by atoms with E-state index in [1.165, 1.54) is 19.1 Å². The molecule has 0 bridgehead atoms. The number of primary amides is 1. The summed E-state index contributed by atoms with van der Waals surface area (Å²) >= 11 is 6.12. The molecule has 0 radical (unpaired) electrons. The Morgan fingerprint density at radius 3 is 2.23 bits per heavy atom. The third kappa shape index (κ3) is 10.6. The van der Waals surface area contributed by atoms with Gasteiger partial charge < -0.3 is 26.4 Å².